The number of halogens is 1. The molecule has 5 heteroatoms. The molecule has 0 aromatic heterocycles. The van der Waals surface area contributed by atoms with Crippen molar-refractivity contribution in [2.24, 2.45) is 11.8 Å². The van der Waals surface area contributed by atoms with Crippen LogP contribution in [0.3, 0.4) is 0 Å². The van der Waals surface area contributed by atoms with E-state index in [1.807, 2.05) is 6.07 Å². The van der Waals surface area contributed by atoms with E-state index in [4.69, 9.17) is 10.5 Å². The van der Waals surface area contributed by atoms with Gasteiger partial charge >= 0.3 is 0 Å². The number of benzene rings is 1. The Balaban J connectivity index is 0.00000220. The molecule has 1 aromatic carbocycles. The molecule has 0 bridgehead atoms. The van der Waals surface area contributed by atoms with Crippen LogP contribution in [0.25, 0.3) is 0 Å². The number of hydrogen-bond donors (Lipinski definition) is 2. The van der Waals surface area contributed by atoms with E-state index in [2.05, 4.69) is 12.2 Å². The predicted octanol–water partition coefficient (Wildman–Crippen LogP) is 3.85. The van der Waals surface area contributed by atoms with Gasteiger partial charge in [0.05, 0.1) is 12.8 Å². The Labute approximate surface area is 132 Å². The van der Waals surface area contributed by atoms with Gasteiger partial charge in [-0.1, -0.05) is 13.3 Å². The van der Waals surface area contributed by atoms with Gasteiger partial charge in [0.2, 0.25) is 5.91 Å². The number of hydrogen-bond acceptors (Lipinski definition) is 3. The van der Waals surface area contributed by atoms with Crippen LogP contribution in [0, 0.1) is 11.8 Å². The quantitative estimate of drug-likeness (QED) is 0.830. The molecule has 0 unspecified atom stereocenters. The summed E-state index contributed by atoms with van der Waals surface area (Å²) in [6, 6.07) is 5.35. The minimum absolute atomic E-state index is 0. The Morgan fingerprint density at radius 3 is 2.52 bits per heavy atom. The van der Waals surface area contributed by atoms with E-state index in [1.54, 1.807) is 19.2 Å². The largest absolute Gasteiger partial charge is 0.495 e. The molecule has 1 aliphatic carbocycles. The summed E-state index contributed by atoms with van der Waals surface area (Å²) in [4.78, 5) is 12.2. The molecule has 0 aliphatic heterocycles. The molecule has 0 radical (unpaired) electrons. The molecule has 4 nitrogen and oxygen atoms in total. The molecule has 1 saturated carbocycles. The molecule has 118 valence electrons. The van der Waals surface area contributed by atoms with Crippen LogP contribution in [0.5, 0.6) is 5.75 Å². The van der Waals surface area contributed by atoms with Gasteiger partial charge in [0.15, 0.2) is 0 Å². The number of carbonyl (C=O) groups excluding carboxylic acids is 1. The third-order valence-electron chi connectivity index (χ3n) is 4.29. The van der Waals surface area contributed by atoms with Crippen LogP contribution in [0.4, 0.5) is 11.4 Å². The lowest BCUT2D eigenvalue weighted by molar-refractivity contribution is -0.121. The second-order valence-corrected chi connectivity index (χ2v) is 5.57. The third-order valence-corrected chi connectivity index (χ3v) is 4.29. The number of methoxy groups -OCH3 is 1. The van der Waals surface area contributed by atoms with Crippen molar-refractivity contribution in [1.82, 2.24) is 0 Å². The number of nitrogens with two attached hydrogens (primary N) is 1. The number of rotatable bonds is 4. The first-order chi connectivity index (χ1) is 9.63. The smallest absolute Gasteiger partial charge is 0.227 e. The highest BCUT2D eigenvalue weighted by molar-refractivity contribution is 5.93. The zero-order valence-electron chi connectivity index (χ0n) is 12.7. The number of amides is 1. The summed E-state index contributed by atoms with van der Waals surface area (Å²) in [6.07, 6.45) is 5.55. The molecule has 1 aromatic rings. The fourth-order valence-corrected chi connectivity index (χ4v) is 2.89. The minimum Gasteiger partial charge on any atom is -0.495 e. The summed E-state index contributed by atoms with van der Waals surface area (Å²) in [6.45, 7) is 2.23. The zero-order valence-corrected chi connectivity index (χ0v) is 13.5. The molecular formula is C16H25ClN2O2. The van der Waals surface area contributed by atoms with Crippen LogP contribution in [0.2, 0.25) is 0 Å². The number of ether oxygens (including phenoxy) is 1. The number of carbonyl (C=O) groups is 1. The molecule has 2 rings (SSSR count). The average molecular weight is 313 g/mol. The van der Waals surface area contributed by atoms with Gasteiger partial charge in [-0.15, -0.1) is 12.4 Å². The summed E-state index contributed by atoms with van der Waals surface area (Å²) >= 11 is 0. The van der Waals surface area contributed by atoms with Crippen molar-refractivity contribution in [1.29, 1.82) is 0 Å². The van der Waals surface area contributed by atoms with E-state index in [0.717, 1.165) is 24.4 Å². The van der Waals surface area contributed by atoms with Crippen LogP contribution in [-0.2, 0) is 4.79 Å². The summed E-state index contributed by atoms with van der Waals surface area (Å²) in [7, 11) is 1.58. The first-order valence-electron chi connectivity index (χ1n) is 7.38. The van der Waals surface area contributed by atoms with Crippen molar-refractivity contribution in [3.8, 4) is 5.75 Å². The van der Waals surface area contributed by atoms with Gasteiger partial charge in [0.1, 0.15) is 5.75 Å². The van der Waals surface area contributed by atoms with Crippen LogP contribution in [0.1, 0.15) is 39.0 Å². The molecule has 1 amide bonds. The van der Waals surface area contributed by atoms with Crippen LogP contribution < -0.4 is 15.8 Å². The first kappa shape index (κ1) is 17.6. The maximum absolute atomic E-state index is 12.2. The van der Waals surface area contributed by atoms with Gasteiger partial charge in [0.25, 0.3) is 0 Å². The van der Waals surface area contributed by atoms with Crippen molar-refractivity contribution in [2.75, 3.05) is 18.2 Å². The maximum Gasteiger partial charge on any atom is 0.227 e. The average Bonchev–Trinajstić information content (AvgIpc) is 2.47. The van der Waals surface area contributed by atoms with Crippen LogP contribution in [0.15, 0.2) is 18.2 Å². The Morgan fingerprint density at radius 2 is 2.00 bits per heavy atom. The Hall–Kier alpha value is -1.42. The van der Waals surface area contributed by atoms with E-state index < -0.39 is 0 Å². The number of nitrogen functional groups attached to an aromatic ring is 1. The Morgan fingerprint density at radius 1 is 1.33 bits per heavy atom. The van der Waals surface area contributed by atoms with Crippen molar-refractivity contribution in [3.63, 3.8) is 0 Å². The number of anilines is 2. The summed E-state index contributed by atoms with van der Waals surface area (Å²) in [5.41, 5.74) is 7.13. The molecule has 0 saturated heterocycles. The second-order valence-electron chi connectivity index (χ2n) is 5.57. The lowest BCUT2D eigenvalue weighted by atomic mass is 9.80. The molecular weight excluding hydrogens is 288 g/mol. The molecule has 0 spiro atoms. The summed E-state index contributed by atoms with van der Waals surface area (Å²) in [5, 5.41) is 2.96. The lowest BCUT2D eigenvalue weighted by Gasteiger charge is -2.27. The van der Waals surface area contributed by atoms with Crippen LogP contribution >= 0.6 is 12.4 Å². The van der Waals surface area contributed by atoms with E-state index in [0.29, 0.717) is 11.4 Å². The van der Waals surface area contributed by atoms with E-state index in [-0.39, 0.29) is 24.2 Å². The Kier molecular flexibility index (Phi) is 6.82. The third kappa shape index (κ3) is 4.53. The van der Waals surface area contributed by atoms with Crippen LogP contribution in [-0.4, -0.2) is 13.0 Å². The standard InChI is InChI=1S/C16H24N2O2.ClH/c1-3-11-4-6-12(7-5-11)16(19)18-13-8-9-15(20-2)14(17)10-13;/h8-12H,3-7,17H2,1-2H3,(H,18,19);1H. The normalized spacial score (nSPS) is 21.2. The fraction of sp³-hybridized carbons (Fsp3) is 0.562. The van der Waals surface area contributed by atoms with E-state index >= 15 is 0 Å². The van der Waals surface area contributed by atoms with E-state index in [1.165, 1.54) is 19.3 Å². The highest BCUT2D eigenvalue weighted by atomic mass is 35.5. The van der Waals surface area contributed by atoms with Crippen molar-refractivity contribution in [2.45, 2.75) is 39.0 Å². The molecule has 0 atom stereocenters. The first-order valence-corrected chi connectivity index (χ1v) is 7.38. The van der Waals surface area contributed by atoms with Crippen molar-refractivity contribution >= 4 is 29.7 Å². The molecule has 1 aliphatic rings. The van der Waals surface area contributed by atoms with Gasteiger partial charge in [-0.25, -0.2) is 0 Å². The van der Waals surface area contributed by atoms with Gasteiger partial charge in [-0.2, -0.15) is 0 Å². The van der Waals surface area contributed by atoms with Gasteiger partial charge < -0.3 is 15.8 Å². The second kappa shape index (κ2) is 8.13. The lowest BCUT2D eigenvalue weighted by Crippen LogP contribution is -2.27. The number of nitrogens with one attached hydrogen (secondary N) is 1. The summed E-state index contributed by atoms with van der Waals surface area (Å²) in [5.74, 6) is 1.69. The SMILES string of the molecule is CCC1CCC(C(=O)Nc2ccc(OC)c(N)c2)CC1.Cl. The molecule has 1 fully saturated rings. The topological polar surface area (TPSA) is 64.3 Å². The molecule has 0 heterocycles. The maximum atomic E-state index is 12.2. The minimum atomic E-state index is 0. The molecule has 21 heavy (non-hydrogen) atoms. The summed E-state index contributed by atoms with van der Waals surface area (Å²) < 4.78 is 5.11. The fourth-order valence-electron chi connectivity index (χ4n) is 2.89. The highest BCUT2D eigenvalue weighted by Crippen LogP contribution is 2.32. The highest BCUT2D eigenvalue weighted by Gasteiger charge is 2.25. The van der Waals surface area contributed by atoms with Gasteiger partial charge in [0, 0.05) is 11.6 Å². The van der Waals surface area contributed by atoms with Crippen molar-refractivity contribution < 1.29 is 9.53 Å². The zero-order chi connectivity index (χ0) is 14.5. The monoisotopic (exact) mass is 312 g/mol. The van der Waals surface area contributed by atoms with Gasteiger partial charge in [-0.05, 0) is 49.8 Å². The Bertz CT molecular complexity index is 471. The predicted molar refractivity (Wildman–Crippen MR) is 89.0 cm³/mol. The molecule has 3 N–H and O–H groups in total. The van der Waals surface area contributed by atoms with Gasteiger partial charge in [-0.3, -0.25) is 4.79 Å². The van der Waals surface area contributed by atoms with Crippen molar-refractivity contribution in [3.05, 3.63) is 18.2 Å². The van der Waals surface area contributed by atoms with E-state index in [9.17, 15) is 4.79 Å².